The summed E-state index contributed by atoms with van der Waals surface area (Å²) in [6, 6.07) is 4.00. The van der Waals surface area contributed by atoms with Gasteiger partial charge in [-0.2, -0.15) is 0 Å². The molecule has 1 aliphatic heterocycles. The number of carbonyl (C=O) groups is 1. The van der Waals surface area contributed by atoms with Gasteiger partial charge in [-0.05, 0) is 17.5 Å². The molecule has 0 unspecified atom stereocenters. The largest absolute Gasteiger partial charge is 0.345 e. The van der Waals surface area contributed by atoms with E-state index in [2.05, 4.69) is 9.88 Å². The standard InChI is InChI=1S/C14H15N3OS2/c18-13(4-3-12-2-1-10-19-12)16-6-8-17(9-7-16)14-15-5-11-20-14/h1-5,10-11H,6-9H2. The molecule has 0 aliphatic carbocycles. The van der Waals surface area contributed by atoms with Crippen LogP contribution in [0, 0.1) is 0 Å². The Morgan fingerprint density at radius 3 is 2.70 bits per heavy atom. The van der Waals surface area contributed by atoms with Crippen molar-refractivity contribution in [3.8, 4) is 0 Å². The van der Waals surface area contributed by atoms with E-state index in [4.69, 9.17) is 0 Å². The highest BCUT2D eigenvalue weighted by Gasteiger charge is 2.20. The first kappa shape index (κ1) is 13.3. The van der Waals surface area contributed by atoms with Crippen LogP contribution in [-0.2, 0) is 4.79 Å². The number of hydrogen-bond acceptors (Lipinski definition) is 5. The predicted octanol–water partition coefficient (Wildman–Crippen LogP) is 2.57. The number of hydrogen-bond donors (Lipinski definition) is 0. The number of thiazole rings is 1. The second kappa shape index (κ2) is 6.19. The van der Waals surface area contributed by atoms with Gasteiger partial charge in [0.1, 0.15) is 0 Å². The van der Waals surface area contributed by atoms with Crippen LogP contribution >= 0.6 is 22.7 Å². The molecule has 0 spiro atoms. The molecule has 2 aromatic rings. The number of thiophene rings is 1. The van der Waals surface area contributed by atoms with Crippen LogP contribution in [0.4, 0.5) is 5.13 Å². The number of nitrogens with zero attached hydrogens (tertiary/aromatic N) is 3. The molecule has 1 amide bonds. The number of rotatable bonds is 3. The maximum atomic E-state index is 12.1. The highest BCUT2D eigenvalue weighted by Crippen LogP contribution is 2.19. The lowest BCUT2D eigenvalue weighted by molar-refractivity contribution is -0.126. The molecule has 104 valence electrons. The molecule has 0 aromatic carbocycles. The highest BCUT2D eigenvalue weighted by molar-refractivity contribution is 7.13. The molecule has 4 nitrogen and oxygen atoms in total. The fourth-order valence-corrected chi connectivity index (χ4v) is 3.45. The Labute approximate surface area is 126 Å². The Kier molecular flexibility index (Phi) is 4.13. The van der Waals surface area contributed by atoms with Crippen LogP contribution in [0.3, 0.4) is 0 Å². The summed E-state index contributed by atoms with van der Waals surface area (Å²) in [4.78, 5) is 21.6. The van der Waals surface area contributed by atoms with Crippen molar-refractivity contribution in [2.45, 2.75) is 0 Å². The molecule has 0 atom stereocenters. The molecule has 1 saturated heterocycles. The molecule has 0 radical (unpaired) electrons. The summed E-state index contributed by atoms with van der Waals surface area (Å²) in [5.41, 5.74) is 0. The zero-order chi connectivity index (χ0) is 13.8. The first-order valence-corrected chi connectivity index (χ1v) is 8.24. The molecule has 3 rings (SSSR count). The third-order valence-electron chi connectivity index (χ3n) is 3.21. The number of aromatic nitrogens is 1. The van der Waals surface area contributed by atoms with Crippen molar-refractivity contribution in [2.75, 3.05) is 31.1 Å². The first-order valence-electron chi connectivity index (χ1n) is 6.48. The lowest BCUT2D eigenvalue weighted by atomic mass is 10.3. The predicted molar refractivity (Wildman–Crippen MR) is 84.3 cm³/mol. The van der Waals surface area contributed by atoms with Crippen LogP contribution in [0.5, 0.6) is 0 Å². The fraction of sp³-hybridized carbons (Fsp3) is 0.286. The third-order valence-corrected chi connectivity index (χ3v) is 4.88. The highest BCUT2D eigenvalue weighted by atomic mass is 32.1. The van der Waals surface area contributed by atoms with Crippen LogP contribution < -0.4 is 4.90 Å². The second-order valence-electron chi connectivity index (χ2n) is 4.48. The Morgan fingerprint density at radius 1 is 1.20 bits per heavy atom. The Morgan fingerprint density at radius 2 is 2.05 bits per heavy atom. The maximum absolute atomic E-state index is 12.1. The van der Waals surface area contributed by atoms with Crippen molar-refractivity contribution in [1.29, 1.82) is 0 Å². The second-order valence-corrected chi connectivity index (χ2v) is 6.33. The van der Waals surface area contributed by atoms with Crippen LogP contribution in [0.15, 0.2) is 35.2 Å². The Hall–Kier alpha value is -1.66. The van der Waals surface area contributed by atoms with Gasteiger partial charge >= 0.3 is 0 Å². The molecule has 1 aliphatic rings. The van der Waals surface area contributed by atoms with E-state index < -0.39 is 0 Å². The summed E-state index contributed by atoms with van der Waals surface area (Å²) in [6.07, 6.45) is 5.38. The SMILES string of the molecule is O=C(C=Cc1cccs1)N1CCN(c2nccs2)CC1. The minimum atomic E-state index is 0.0946. The van der Waals surface area contributed by atoms with E-state index in [9.17, 15) is 4.79 Å². The van der Waals surface area contributed by atoms with Gasteiger partial charge in [0.25, 0.3) is 0 Å². The molecular weight excluding hydrogens is 290 g/mol. The summed E-state index contributed by atoms with van der Waals surface area (Å²) in [6.45, 7) is 3.22. The van der Waals surface area contributed by atoms with Crippen molar-refractivity contribution < 1.29 is 4.79 Å². The van der Waals surface area contributed by atoms with Crippen molar-refractivity contribution in [3.05, 3.63) is 40.0 Å². The molecule has 2 aromatic heterocycles. The van der Waals surface area contributed by atoms with Gasteiger partial charge < -0.3 is 9.80 Å². The van der Waals surface area contributed by atoms with E-state index in [0.717, 1.165) is 36.2 Å². The molecule has 20 heavy (non-hydrogen) atoms. The molecule has 6 heteroatoms. The van der Waals surface area contributed by atoms with E-state index in [-0.39, 0.29) is 5.91 Å². The Balaban J connectivity index is 1.54. The van der Waals surface area contributed by atoms with E-state index in [1.54, 1.807) is 28.7 Å². The van der Waals surface area contributed by atoms with Crippen molar-refractivity contribution in [3.63, 3.8) is 0 Å². The number of piperazine rings is 1. The summed E-state index contributed by atoms with van der Waals surface area (Å²) in [5.74, 6) is 0.0946. The van der Waals surface area contributed by atoms with Crippen LogP contribution in [0.1, 0.15) is 4.88 Å². The van der Waals surface area contributed by atoms with E-state index >= 15 is 0 Å². The van der Waals surface area contributed by atoms with Gasteiger partial charge in [-0.15, -0.1) is 22.7 Å². The molecule has 0 bridgehead atoms. The van der Waals surface area contributed by atoms with E-state index in [0.29, 0.717) is 0 Å². The van der Waals surface area contributed by atoms with Gasteiger partial charge in [-0.3, -0.25) is 4.79 Å². The van der Waals surface area contributed by atoms with Crippen LogP contribution in [-0.4, -0.2) is 42.0 Å². The zero-order valence-corrected chi connectivity index (χ0v) is 12.6. The molecular formula is C14H15N3OS2. The van der Waals surface area contributed by atoms with Gasteiger partial charge in [0, 0.05) is 48.7 Å². The molecule has 1 fully saturated rings. The molecule has 0 saturated carbocycles. The number of carbonyl (C=O) groups excluding carboxylic acids is 1. The smallest absolute Gasteiger partial charge is 0.246 e. The summed E-state index contributed by atoms with van der Waals surface area (Å²) >= 11 is 3.28. The minimum absolute atomic E-state index is 0.0946. The van der Waals surface area contributed by atoms with Gasteiger partial charge in [0.05, 0.1) is 0 Å². The summed E-state index contributed by atoms with van der Waals surface area (Å²) in [7, 11) is 0. The average molecular weight is 305 g/mol. The third kappa shape index (κ3) is 3.08. The first-order chi connectivity index (χ1) is 9.83. The van der Waals surface area contributed by atoms with Gasteiger partial charge in [0.15, 0.2) is 5.13 Å². The van der Waals surface area contributed by atoms with Crippen LogP contribution in [0.2, 0.25) is 0 Å². The summed E-state index contributed by atoms with van der Waals surface area (Å²) in [5, 5.41) is 5.04. The van der Waals surface area contributed by atoms with Gasteiger partial charge in [0.2, 0.25) is 5.91 Å². The lowest BCUT2D eigenvalue weighted by Gasteiger charge is -2.34. The summed E-state index contributed by atoms with van der Waals surface area (Å²) < 4.78 is 0. The van der Waals surface area contributed by atoms with E-state index in [1.165, 1.54) is 0 Å². The maximum Gasteiger partial charge on any atom is 0.246 e. The lowest BCUT2D eigenvalue weighted by Crippen LogP contribution is -2.48. The topological polar surface area (TPSA) is 36.4 Å². The van der Waals surface area contributed by atoms with Crippen molar-refractivity contribution in [1.82, 2.24) is 9.88 Å². The number of anilines is 1. The minimum Gasteiger partial charge on any atom is -0.345 e. The average Bonchev–Trinajstić information content (AvgIpc) is 3.18. The van der Waals surface area contributed by atoms with E-state index in [1.807, 2.05) is 40.1 Å². The molecule has 3 heterocycles. The van der Waals surface area contributed by atoms with Crippen molar-refractivity contribution in [2.24, 2.45) is 0 Å². The van der Waals surface area contributed by atoms with Crippen LogP contribution in [0.25, 0.3) is 6.08 Å². The van der Waals surface area contributed by atoms with Gasteiger partial charge in [-0.25, -0.2) is 4.98 Å². The monoisotopic (exact) mass is 305 g/mol. The Bertz CT molecular complexity index is 570. The number of amides is 1. The molecule has 0 N–H and O–H groups in total. The van der Waals surface area contributed by atoms with Gasteiger partial charge in [-0.1, -0.05) is 6.07 Å². The fourth-order valence-electron chi connectivity index (χ4n) is 2.14. The zero-order valence-electron chi connectivity index (χ0n) is 10.9. The van der Waals surface area contributed by atoms with Crippen molar-refractivity contribution >= 4 is 39.8 Å². The quantitative estimate of drug-likeness (QED) is 0.818. The normalized spacial score (nSPS) is 16.0.